The summed E-state index contributed by atoms with van der Waals surface area (Å²) in [4.78, 5) is 103. The number of ether oxygens (including phenoxy) is 2. The van der Waals surface area contributed by atoms with Gasteiger partial charge < -0.3 is 33.5 Å². The predicted molar refractivity (Wildman–Crippen MR) is 197 cm³/mol. The van der Waals surface area contributed by atoms with Gasteiger partial charge in [-0.15, -0.1) is 0 Å². The number of fused-ring (bicyclic) bond motifs is 2. The van der Waals surface area contributed by atoms with Gasteiger partial charge in [0.25, 0.3) is 5.56 Å². The molecule has 0 bridgehead atoms. The van der Waals surface area contributed by atoms with Crippen LogP contribution in [0.1, 0.15) is 23.0 Å². The fourth-order valence-corrected chi connectivity index (χ4v) is 9.09. The molecule has 3 heterocycles. The van der Waals surface area contributed by atoms with E-state index in [0.717, 1.165) is 27.9 Å². The van der Waals surface area contributed by atoms with Crippen LogP contribution in [0.4, 0.5) is 5.69 Å². The number of anilines is 1. The highest BCUT2D eigenvalue weighted by Gasteiger charge is 2.51. The highest BCUT2D eigenvalue weighted by Crippen LogP contribution is 2.69. The van der Waals surface area contributed by atoms with Crippen molar-refractivity contribution < 1.29 is 65.8 Å². The number of esters is 1. The number of hydrogen-bond acceptors (Lipinski definition) is 16. The molecule has 0 spiro atoms. The molecule has 0 radical (unpaired) electrons. The number of hydrogen-bond donors (Lipinski definition) is 5. The molecule has 20 nitrogen and oxygen atoms in total. The van der Waals surface area contributed by atoms with Crippen molar-refractivity contribution in [1.82, 2.24) is 14.1 Å². The monoisotopic (exact) mass is 837 g/mol. The maximum atomic E-state index is 14.2. The summed E-state index contributed by atoms with van der Waals surface area (Å²) in [5, 5.41) is 1.54. The molecule has 23 heteroatoms. The topological polar surface area (TPSA) is 282 Å². The van der Waals surface area contributed by atoms with Crippen LogP contribution >= 0.6 is 24.2 Å². The molecule has 1 aromatic heterocycles. The lowest BCUT2D eigenvalue weighted by Gasteiger charge is -2.23. The first-order chi connectivity index (χ1) is 26.2. The van der Waals surface area contributed by atoms with E-state index in [1.807, 2.05) is 74.1 Å². The zero-order valence-corrected chi connectivity index (χ0v) is 32.6. The quantitative estimate of drug-likeness (QED) is 0.0504. The van der Waals surface area contributed by atoms with E-state index in [-0.39, 0.29) is 12.0 Å². The van der Waals surface area contributed by atoms with E-state index in [1.54, 1.807) is 18.2 Å². The average molecular weight is 838 g/mol. The second kappa shape index (κ2) is 16.0. The molecule has 2 aliphatic heterocycles. The van der Waals surface area contributed by atoms with Crippen molar-refractivity contribution in [2.75, 3.05) is 39.7 Å². The Kier molecular flexibility index (Phi) is 11.8. The van der Waals surface area contributed by atoms with Crippen molar-refractivity contribution >= 4 is 46.8 Å². The van der Waals surface area contributed by atoms with Crippen molar-refractivity contribution in [2.24, 2.45) is 0 Å². The van der Waals surface area contributed by atoms with Gasteiger partial charge in [0.1, 0.15) is 43.9 Å². The van der Waals surface area contributed by atoms with Crippen molar-refractivity contribution in [3.63, 3.8) is 0 Å². The van der Waals surface area contributed by atoms with Crippen LogP contribution in [-0.4, -0.2) is 82.1 Å². The van der Waals surface area contributed by atoms with Gasteiger partial charge in [-0.1, -0.05) is 22.5 Å². The second-order valence-electron chi connectivity index (χ2n) is 12.9. The summed E-state index contributed by atoms with van der Waals surface area (Å²) >= 11 is 0. The van der Waals surface area contributed by atoms with Gasteiger partial charge in [-0.25, -0.2) is 18.7 Å². The maximum absolute atomic E-state index is 14.2. The Morgan fingerprint density at radius 3 is 2.46 bits per heavy atom. The van der Waals surface area contributed by atoms with E-state index in [9.17, 15) is 38.5 Å². The van der Waals surface area contributed by atoms with Gasteiger partial charge >= 0.3 is 35.8 Å². The minimum Gasteiger partial charge on any atom is -0.603 e. The lowest BCUT2D eigenvalue weighted by atomic mass is 9.90. The normalized spacial score (nSPS) is 19.4. The number of aromatic nitrogens is 2. The lowest BCUT2D eigenvalue weighted by molar-refractivity contribution is -0.256. The highest BCUT2D eigenvalue weighted by molar-refractivity contribution is 7.70. The third-order valence-electron chi connectivity index (χ3n) is 8.56. The lowest BCUT2D eigenvalue weighted by Crippen LogP contribution is -2.32. The average Bonchev–Trinajstić information content (AvgIpc) is 3.49. The fraction of sp³-hybridized carbons (Fsp3) is 0.273. The summed E-state index contributed by atoms with van der Waals surface area (Å²) in [6.45, 7) is -0.990. The summed E-state index contributed by atoms with van der Waals surface area (Å²) in [5.41, 5.74) is 1.66. The largest absolute Gasteiger partial charge is 0.603 e. The van der Waals surface area contributed by atoms with E-state index in [0.29, 0.717) is 33.4 Å². The van der Waals surface area contributed by atoms with Crippen LogP contribution in [-0.2, 0) is 27.2 Å². The number of phosphoric ester groups is 1. The molecular weight excluding hydrogens is 801 g/mol. The predicted octanol–water partition coefficient (Wildman–Crippen LogP) is 0.868. The van der Waals surface area contributed by atoms with Crippen molar-refractivity contribution in [1.29, 1.82) is 0 Å². The number of nitrogens with zero attached hydrogens (tertiary/aromatic N) is 3. The number of rotatable bonds is 12. The molecule has 3 aliphatic rings. The Morgan fingerprint density at radius 1 is 1.05 bits per heavy atom. The minimum atomic E-state index is -5.85. The highest BCUT2D eigenvalue weighted by atomic mass is 31.3. The summed E-state index contributed by atoms with van der Waals surface area (Å²) in [6, 6.07) is 18.9. The first-order valence-corrected chi connectivity index (χ1v) is 21.0. The number of phosphoric acid groups is 3. The van der Waals surface area contributed by atoms with Gasteiger partial charge in [-0.05, 0) is 29.8 Å². The van der Waals surface area contributed by atoms with Crippen molar-refractivity contribution in [3.05, 3.63) is 105 Å². The fourth-order valence-electron chi connectivity index (χ4n) is 6.06. The molecule has 2 unspecified atom stereocenters. The summed E-state index contributed by atoms with van der Waals surface area (Å²) in [5.74, 6) is -0.355. The van der Waals surface area contributed by atoms with Crippen LogP contribution in [0.3, 0.4) is 0 Å². The molecule has 6 rings (SSSR count). The van der Waals surface area contributed by atoms with Gasteiger partial charge in [0, 0.05) is 71.4 Å². The third-order valence-corrected chi connectivity index (χ3v) is 12.4. The molecule has 5 N–H and O–H groups in total. The Labute approximate surface area is 317 Å². The molecule has 56 heavy (non-hydrogen) atoms. The molecule has 0 amide bonds. The number of carbonyl (C=O) groups is 1. The van der Waals surface area contributed by atoms with Gasteiger partial charge in [0.05, 0.1) is 18.2 Å². The second-order valence-corrected chi connectivity index (χ2v) is 17.3. The summed E-state index contributed by atoms with van der Waals surface area (Å²) in [7, 11) is -9.58. The van der Waals surface area contributed by atoms with Gasteiger partial charge in [-0.3, -0.25) is 18.9 Å². The van der Waals surface area contributed by atoms with Crippen LogP contribution in [0, 0.1) is 0 Å². The summed E-state index contributed by atoms with van der Waals surface area (Å²) < 4.78 is 46.0. The van der Waals surface area contributed by atoms with Gasteiger partial charge in [-0.2, -0.15) is 14.7 Å². The van der Waals surface area contributed by atoms with E-state index in [1.165, 1.54) is 6.07 Å². The van der Waals surface area contributed by atoms with Gasteiger partial charge in [0.2, 0.25) is 5.36 Å². The van der Waals surface area contributed by atoms with E-state index in [4.69, 9.17) is 28.2 Å². The first kappa shape index (κ1) is 41.4. The molecule has 1 aliphatic carbocycles. The maximum Gasteiger partial charge on any atom is 0.511 e. The third kappa shape index (κ3) is 9.48. The van der Waals surface area contributed by atoms with Crippen LogP contribution in [0.5, 0.6) is 0 Å². The van der Waals surface area contributed by atoms with Crippen molar-refractivity contribution in [3.8, 4) is 22.5 Å². The first-order valence-electron chi connectivity index (χ1n) is 16.4. The molecule has 0 saturated carbocycles. The Hall–Kier alpha value is -4.23. The molecule has 2 aromatic carbocycles. The Bertz CT molecular complexity index is 2490. The molecule has 1 saturated heterocycles. The number of H-pyrrole nitrogens is 1. The Morgan fingerprint density at radius 2 is 1.79 bits per heavy atom. The van der Waals surface area contributed by atoms with Gasteiger partial charge in [0.15, 0.2) is 0 Å². The van der Waals surface area contributed by atoms with E-state index in [2.05, 4.69) is 13.6 Å². The SMILES string of the molecule is CN(C)c1ccc2c(-c3ccccc3C(=O)O[C@H]3C[C@H](n4ccc(=O)[nH]c4=O)O[C@@H]3COP(=O)(O)O[P+]([O-])(O)O[P+]([O-])(O)O)c3ccc(=[N+](C)C)cc-3oc2c1. The van der Waals surface area contributed by atoms with Crippen LogP contribution in [0.2, 0.25) is 0 Å². The smallest absolute Gasteiger partial charge is 0.511 e. The van der Waals surface area contributed by atoms with E-state index >= 15 is 0 Å². The number of benzene rings is 3. The standard InChI is InChI=1S/C33H35N4O16P3/c1-35(2)19-9-11-23-25(15-19)49-26-16-20(36(3)4)10-12-24(26)31(23)21-7-5-6-8-22(21)32(39)51-27-17-30(37-14-13-29(38)34-33(37)40)50-28(27)18-48-55(44,45)53-56(46,47)52-54(41,42)43/h5-16,27-28,30H,17-18H2,1-4H3,(H4-,34,38,40,41,42,43,44,45,46,47)/p+1/t27-,28+,30+/m0/s1. The molecular formula is C33H36N4O16P3+. The number of nitrogens with one attached hydrogen (secondary N) is 1. The minimum absolute atomic E-state index is 0.0889. The number of aromatic amines is 1. The van der Waals surface area contributed by atoms with Crippen LogP contribution in [0.25, 0.3) is 33.4 Å². The summed E-state index contributed by atoms with van der Waals surface area (Å²) in [6.07, 6.45) is -3.18. The molecule has 298 valence electrons. The Balaban J connectivity index is 1.37. The number of carbonyl (C=O) groups excluding carboxylic acids is 1. The van der Waals surface area contributed by atoms with Crippen LogP contribution in [0.15, 0.2) is 86.9 Å². The van der Waals surface area contributed by atoms with Crippen LogP contribution < -0.4 is 35.9 Å². The zero-order chi connectivity index (χ0) is 40.7. The van der Waals surface area contributed by atoms with E-state index < -0.39 is 66.4 Å². The molecule has 5 atom stereocenters. The zero-order valence-electron chi connectivity index (χ0n) is 29.9. The molecule has 1 fully saturated rings. The van der Waals surface area contributed by atoms with Crippen molar-refractivity contribution in [2.45, 2.75) is 24.9 Å². The molecule has 3 aromatic rings.